The van der Waals surface area contributed by atoms with Crippen molar-refractivity contribution in [1.29, 1.82) is 0 Å². The highest BCUT2D eigenvalue weighted by Crippen LogP contribution is 2.31. The van der Waals surface area contributed by atoms with E-state index in [0.29, 0.717) is 22.9 Å². The van der Waals surface area contributed by atoms with Crippen LogP contribution in [-0.2, 0) is 27.3 Å². The number of nitrogens with one attached hydrogen (secondary N) is 2. The predicted octanol–water partition coefficient (Wildman–Crippen LogP) is 3.61. The molecule has 1 unspecified atom stereocenters. The van der Waals surface area contributed by atoms with Gasteiger partial charge in [-0.1, -0.05) is 19.9 Å². The van der Waals surface area contributed by atoms with E-state index in [9.17, 15) is 19.5 Å². The maximum atomic E-state index is 12.6. The van der Waals surface area contributed by atoms with Crippen LogP contribution in [0.4, 0.5) is 11.4 Å². The third-order valence-corrected chi connectivity index (χ3v) is 6.75. The Morgan fingerprint density at radius 1 is 1.15 bits per heavy atom. The Labute approximate surface area is 201 Å². The molecule has 0 spiro atoms. The zero-order chi connectivity index (χ0) is 24.2. The highest BCUT2D eigenvalue weighted by Gasteiger charge is 2.25. The number of hydrogen-bond acceptors (Lipinski definition) is 6. The van der Waals surface area contributed by atoms with Crippen LogP contribution in [0.1, 0.15) is 47.5 Å². The van der Waals surface area contributed by atoms with Gasteiger partial charge in [-0.2, -0.15) is 0 Å². The Morgan fingerprint density at radius 3 is 2.71 bits per heavy atom. The molecule has 3 amide bonds. The fraction of sp³-hybridized carbons (Fsp3) is 0.320. The van der Waals surface area contributed by atoms with E-state index >= 15 is 0 Å². The summed E-state index contributed by atoms with van der Waals surface area (Å²) in [5.74, 6) is -1.21. The number of amides is 3. The first-order valence-electron chi connectivity index (χ1n) is 11.2. The number of furan rings is 1. The second-order valence-corrected chi connectivity index (χ2v) is 9.65. The summed E-state index contributed by atoms with van der Waals surface area (Å²) in [5, 5.41) is 15.6. The van der Waals surface area contributed by atoms with E-state index in [1.807, 2.05) is 19.9 Å². The average molecular weight is 482 g/mol. The Kier molecular flexibility index (Phi) is 7.14. The third kappa shape index (κ3) is 5.21. The maximum Gasteiger partial charge on any atom is 0.313 e. The molecule has 0 saturated carbocycles. The number of anilines is 2. The first-order chi connectivity index (χ1) is 16.3. The first-order valence-corrected chi connectivity index (χ1v) is 12.0. The smallest absolute Gasteiger partial charge is 0.313 e. The lowest BCUT2D eigenvalue weighted by molar-refractivity contribution is -0.136. The largest absolute Gasteiger partial charge is 0.466 e. The molecule has 2 aromatic heterocycles. The van der Waals surface area contributed by atoms with Gasteiger partial charge in [0.1, 0.15) is 11.9 Å². The number of carbonyl (C=O) groups is 3. The number of aryl methyl sites for hydroxylation is 1. The monoisotopic (exact) mass is 481 g/mol. The van der Waals surface area contributed by atoms with Gasteiger partial charge in [0.25, 0.3) is 0 Å². The highest BCUT2D eigenvalue weighted by molar-refractivity contribution is 7.12. The number of nitrogens with zero attached hydrogens (tertiary/aromatic N) is 1. The van der Waals surface area contributed by atoms with Gasteiger partial charge < -0.3 is 25.1 Å². The van der Waals surface area contributed by atoms with Crippen molar-refractivity contribution in [1.82, 2.24) is 5.32 Å². The molecule has 34 heavy (non-hydrogen) atoms. The Balaban J connectivity index is 1.36. The van der Waals surface area contributed by atoms with Crippen LogP contribution in [0.2, 0.25) is 0 Å². The molecular weight excluding hydrogens is 454 g/mol. The summed E-state index contributed by atoms with van der Waals surface area (Å²) in [5.41, 5.74) is 2.29. The molecule has 4 rings (SSSR count). The Bertz CT molecular complexity index is 1190. The second kappa shape index (κ2) is 10.2. The van der Waals surface area contributed by atoms with E-state index in [4.69, 9.17) is 4.42 Å². The number of fused-ring (bicyclic) bond motifs is 1. The van der Waals surface area contributed by atoms with Crippen LogP contribution < -0.4 is 15.5 Å². The molecule has 3 heterocycles. The lowest BCUT2D eigenvalue weighted by Gasteiger charge is -2.31. The van der Waals surface area contributed by atoms with Crippen molar-refractivity contribution in [3.05, 3.63) is 69.8 Å². The van der Waals surface area contributed by atoms with Gasteiger partial charge in [0, 0.05) is 33.6 Å². The summed E-state index contributed by atoms with van der Waals surface area (Å²) in [7, 11) is 0. The fourth-order valence-corrected chi connectivity index (χ4v) is 4.80. The van der Waals surface area contributed by atoms with Crippen LogP contribution in [0, 0.1) is 5.92 Å². The van der Waals surface area contributed by atoms with Crippen LogP contribution >= 0.6 is 11.3 Å². The van der Waals surface area contributed by atoms with Gasteiger partial charge in [-0.25, -0.2) is 0 Å². The SMILES string of the molecule is CC(C)C(=O)N1CCCc2ccc(NC(=O)C(=O)NCc3ccc(C(O)c4ccco4)s3)cc21. The van der Waals surface area contributed by atoms with Crippen molar-refractivity contribution < 1.29 is 23.9 Å². The van der Waals surface area contributed by atoms with Crippen LogP contribution in [0.3, 0.4) is 0 Å². The van der Waals surface area contributed by atoms with Crippen molar-refractivity contribution in [3.63, 3.8) is 0 Å². The number of aliphatic hydroxyl groups excluding tert-OH is 1. The Hall–Kier alpha value is -3.43. The molecular formula is C25H27N3O5S. The summed E-state index contributed by atoms with van der Waals surface area (Å²) in [6.45, 7) is 4.52. The fourth-order valence-electron chi connectivity index (χ4n) is 3.85. The van der Waals surface area contributed by atoms with Crippen LogP contribution in [0.15, 0.2) is 53.1 Å². The van der Waals surface area contributed by atoms with Gasteiger partial charge in [-0.15, -0.1) is 11.3 Å². The number of carbonyl (C=O) groups excluding carboxylic acids is 3. The molecule has 9 heteroatoms. The van der Waals surface area contributed by atoms with E-state index < -0.39 is 17.9 Å². The molecule has 1 aliphatic rings. The van der Waals surface area contributed by atoms with Crippen molar-refractivity contribution in [2.24, 2.45) is 5.92 Å². The summed E-state index contributed by atoms with van der Waals surface area (Å²) in [4.78, 5) is 40.6. The van der Waals surface area contributed by atoms with E-state index in [-0.39, 0.29) is 18.4 Å². The van der Waals surface area contributed by atoms with Crippen LogP contribution in [0.5, 0.6) is 0 Å². The molecule has 0 bridgehead atoms. The summed E-state index contributed by atoms with van der Waals surface area (Å²) < 4.78 is 5.22. The van der Waals surface area contributed by atoms with E-state index in [1.165, 1.54) is 17.6 Å². The summed E-state index contributed by atoms with van der Waals surface area (Å²) >= 11 is 1.32. The van der Waals surface area contributed by atoms with E-state index in [1.54, 1.807) is 41.3 Å². The van der Waals surface area contributed by atoms with Crippen molar-refractivity contribution in [2.75, 3.05) is 16.8 Å². The average Bonchev–Trinajstić information content (AvgIpc) is 3.53. The van der Waals surface area contributed by atoms with Gasteiger partial charge in [-0.05, 0) is 54.8 Å². The van der Waals surface area contributed by atoms with Crippen LogP contribution in [0.25, 0.3) is 0 Å². The standard InChI is InChI=1S/C25H27N3O5S/c1-15(2)25(32)28-11-3-5-16-7-8-17(13-19(16)28)27-24(31)23(30)26-14-18-9-10-21(34-18)22(29)20-6-4-12-33-20/h4,6-10,12-13,15,22,29H,3,5,11,14H2,1-2H3,(H,26,30)(H,27,31). The molecule has 3 N–H and O–H groups in total. The molecule has 1 aromatic carbocycles. The topological polar surface area (TPSA) is 112 Å². The third-order valence-electron chi connectivity index (χ3n) is 5.62. The minimum absolute atomic E-state index is 0.0367. The number of benzene rings is 1. The molecule has 178 valence electrons. The van der Waals surface area contributed by atoms with E-state index in [0.717, 1.165) is 29.0 Å². The molecule has 8 nitrogen and oxygen atoms in total. The molecule has 0 saturated heterocycles. The van der Waals surface area contributed by atoms with Gasteiger partial charge in [0.05, 0.1) is 12.8 Å². The second-order valence-electron chi connectivity index (χ2n) is 8.45. The zero-order valence-corrected chi connectivity index (χ0v) is 19.9. The number of aliphatic hydroxyl groups is 1. The lowest BCUT2D eigenvalue weighted by Crippen LogP contribution is -2.38. The Morgan fingerprint density at radius 2 is 1.97 bits per heavy atom. The van der Waals surface area contributed by atoms with Gasteiger partial charge in [0.15, 0.2) is 0 Å². The molecule has 1 aliphatic heterocycles. The molecule has 0 aliphatic carbocycles. The maximum absolute atomic E-state index is 12.6. The minimum Gasteiger partial charge on any atom is -0.466 e. The predicted molar refractivity (Wildman–Crippen MR) is 130 cm³/mol. The zero-order valence-electron chi connectivity index (χ0n) is 19.0. The lowest BCUT2D eigenvalue weighted by atomic mass is 9.99. The first kappa shape index (κ1) is 23.7. The van der Waals surface area contributed by atoms with E-state index in [2.05, 4.69) is 10.6 Å². The summed E-state index contributed by atoms with van der Waals surface area (Å²) in [6, 6.07) is 12.3. The molecule has 3 aromatic rings. The molecule has 0 fully saturated rings. The normalized spacial score (nSPS) is 13.9. The van der Waals surface area contributed by atoms with Crippen molar-refractivity contribution in [2.45, 2.75) is 39.3 Å². The quantitative estimate of drug-likeness (QED) is 0.466. The molecule has 0 radical (unpaired) electrons. The number of hydrogen-bond donors (Lipinski definition) is 3. The van der Waals surface area contributed by atoms with Gasteiger partial charge >= 0.3 is 11.8 Å². The van der Waals surface area contributed by atoms with Crippen molar-refractivity contribution >= 4 is 40.4 Å². The summed E-state index contributed by atoms with van der Waals surface area (Å²) in [6.07, 6.45) is 2.37. The number of thiophene rings is 1. The number of rotatable bonds is 6. The highest BCUT2D eigenvalue weighted by atomic mass is 32.1. The minimum atomic E-state index is -0.876. The van der Waals surface area contributed by atoms with Crippen LogP contribution in [-0.4, -0.2) is 29.4 Å². The van der Waals surface area contributed by atoms with Gasteiger partial charge in [0.2, 0.25) is 5.91 Å². The van der Waals surface area contributed by atoms with Gasteiger partial charge in [-0.3, -0.25) is 14.4 Å². The van der Waals surface area contributed by atoms with Crippen molar-refractivity contribution in [3.8, 4) is 0 Å². The molecule has 1 atom stereocenters.